The summed E-state index contributed by atoms with van der Waals surface area (Å²) >= 11 is 0. The number of nitrogens with one attached hydrogen (secondary N) is 2. The van der Waals surface area contributed by atoms with Gasteiger partial charge in [0.05, 0.1) is 13.7 Å². The summed E-state index contributed by atoms with van der Waals surface area (Å²) in [6, 6.07) is 5.33. The number of imide groups is 1. The normalized spacial score (nSPS) is 33.0. The zero-order chi connectivity index (χ0) is 15.3. The van der Waals surface area contributed by atoms with E-state index in [1.807, 2.05) is 18.2 Å². The number of carbonyl (C=O) groups is 2. The molecule has 4 rings (SSSR count). The maximum Gasteiger partial charge on any atom is 0.322 e. The SMILES string of the molecule is COc1ccc2c(c1)C1(NC(=O)NC1=O)[C@H]1COCC[C@@H]1C2. The van der Waals surface area contributed by atoms with Crippen LogP contribution >= 0.6 is 0 Å². The smallest absolute Gasteiger partial charge is 0.322 e. The molecule has 0 radical (unpaired) electrons. The summed E-state index contributed by atoms with van der Waals surface area (Å²) in [5.41, 5.74) is 0.896. The Bertz CT molecular complexity index is 660. The fourth-order valence-electron chi connectivity index (χ4n) is 4.13. The van der Waals surface area contributed by atoms with Crippen LogP contribution < -0.4 is 15.4 Å². The number of hydrogen-bond acceptors (Lipinski definition) is 4. The molecule has 3 aliphatic rings. The lowest BCUT2D eigenvalue weighted by molar-refractivity contribution is -0.131. The number of fused-ring (bicyclic) bond motifs is 4. The van der Waals surface area contributed by atoms with E-state index >= 15 is 0 Å². The van der Waals surface area contributed by atoms with Crippen molar-refractivity contribution >= 4 is 11.9 Å². The predicted octanol–water partition coefficient (Wildman–Crippen LogP) is 0.939. The molecule has 1 aliphatic carbocycles. The van der Waals surface area contributed by atoms with Crippen LogP contribution in [0.5, 0.6) is 5.75 Å². The fraction of sp³-hybridized carbons (Fsp3) is 0.500. The first-order valence-corrected chi connectivity index (χ1v) is 7.54. The Hall–Kier alpha value is -2.08. The summed E-state index contributed by atoms with van der Waals surface area (Å²) < 4.78 is 10.9. The van der Waals surface area contributed by atoms with Gasteiger partial charge in [-0.3, -0.25) is 10.1 Å². The van der Waals surface area contributed by atoms with Gasteiger partial charge in [0.25, 0.3) is 5.91 Å². The molecule has 22 heavy (non-hydrogen) atoms. The standard InChI is InChI=1S/C16H18N2O4/c1-21-11-3-2-9-6-10-4-5-22-8-13(10)16(12(9)7-11)14(19)17-15(20)18-16/h2-3,7,10,13H,4-6,8H2,1H3,(H2,17,18,19,20)/t10-,13+,16?/m1/s1. The van der Waals surface area contributed by atoms with E-state index in [4.69, 9.17) is 9.47 Å². The van der Waals surface area contributed by atoms with E-state index in [0.717, 1.165) is 24.0 Å². The molecule has 1 aromatic carbocycles. The van der Waals surface area contributed by atoms with Crippen molar-refractivity contribution in [1.82, 2.24) is 10.6 Å². The van der Waals surface area contributed by atoms with Crippen LogP contribution in [-0.2, 0) is 21.5 Å². The minimum Gasteiger partial charge on any atom is -0.497 e. The molecule has 2 aliphatic heterocycles. The zero-order valence-electron chi connectivity index (χ0n) is 12.3. The van der Waals surface area contributed by atoms with Crippen LogP contribution in [0.4, 0.5) is 4.79 Å². The molecule has 6 heteroatoms. The summed E-state index contributed by atoms with van der Waals surface area (Å²) in [4.78, 5) is 24.5. The van der Waals surface area contributed by atoms with Gasteiger partial charge < -0.3 is 14.8 Å². The third kappa shape index (κ3) is 1.70. The minimum absolute atomic E-state index is 0.0488. The molecular weight excluding hydrogens is 284 g/mol. The highest BCUT2D eigenvalue weighted by Gasteiger charge is 2.59. The van der Waals surface area contributed by atoms with E-state index in [1.54, 1.807) is 7.11 Å². The molecule has 0 saturated carbocycles. The lowest BCUT2D eigenvalue weighted by atomic mass is 9.62. The van der Waals surface area contributed by atoms with Crippen molar-refractivity contribution < 1.29 is 19.1 Å². The maximum absolute atomic E-state index is 12.7. The van der Waals surface area contributed by atoms with Crippen LogP contribution in [0, 0.1) is 11.8 Å². The second-order valence-corrected chi connectivity index (χ2v) is 6.17. The third-order valence-electron chi connectivity index (χ3n) is 5.18. The van der Waals surface area contributed by atoms with E-state index in [0.29, 0.717) is 24.9 Å². The third-order valence-corrected chi connectivity index (χ3v) is 5.18. The first-order valence-electron chi connectivity index (χ1n) is 7.54. The molecule has 2 N–H and O–H groups in total. The van der Waals surface area contributed by atoms with Gasteiger partial charge in [-0.2, -0.15) is 0 Å². The van der Waals surface area contributed by atoms with E-state index in [1.165, 1.54) is 0 Å². The van der Waals surface area contributed by atoms with Crippen molar-refractivity contribution in [1.29, 1.82) is 0 Å². The monoisotopic (exact) mass is 302 g/mol. The van der Waals surface area contributed by atoms with Gasteiger partial charge >= 0.3 is 6.03 Å². The molecule has 116 valence electrons. The average Bonchev–Trinajstić information content (AvgIpc) is 2.83. The summed E-state index contributed by atoms with van der Waals surface area (Å²) in [7, 11) is 1.59. The van der Waals surface area contributed by atoms with E-state index in [9.17, 15) is 9.59 Å². The van der Waals surface area contributed by atoms with Crippen molar-refractivity contribution in [2.45, 2.75) is 18.4 Å². The zero-order valence-corrected chi connectivity index (χ0v) is 12.3. The van der Waals surface area contributed by atoms with Crippen LogP contribution in [0.25, 0.3) is 0 Å². The van der Waals surface area contributed by atoms with Gasteiger partial charge in [-0.15, -0.1) is 0 Å². The van der Waals surface area contributed by atoms with Gasteiger partial charge in [0, 0.05) is 12.5 Å². The molecule has 2 fully saturated rings. The molecule has 6 nitrogen and oxygen atoms in total. The molecule has 1 aromatic rings. The van der Waals surface area contributed by atoms with Gasteiger partial charge in [-0.25, -0.2) is 4.79 Å². The maximum atomic E-state index is 12.7. The van der Waals surface area contributed by atoms with Crippen molar-refractivity contribution in [2.75, 3.05) is 20.3 Å². The van der Waals surface area contributed by atoms with Crippen molar-refractivity contribution in [2.24, 2.45) is 11.8 Å². The van der Waals surface area contributed by atoms with Crippen molar-refractivity contribution in [3.05, 3.63) is 29.3 Å². The Kier molecular flexibility index (Phi) is 2.91. The molecule has 3 atom stereocenters. The Morgan fingerprint density at radius 2 is 2.23 bits per heavy atom. The summed E-state index contributed by atoms with van der Waals surface area (Å²) in [6.45, 7) is 1.19. The van der Waals surface area contributed by atoms with Crippen molar-refractivity contribution in [3.63, 3.8) is 0 Å². The van der Waals surface area contributed by atoms with Gasteiger partial charge in [0.2, 0.25) is 0 Å². The highest BCUT2D eigenvalue weighted by atomic mass is 16.5. The number of carbonyl (C=O) groups excluding carboxylic acids is 2. The van der Waals surface area contributed by atoms with Gasteiger partial charge in [0.15, 0.2) is 5.54 Å². The van der Waals surface area contributed by atoms with Crippen LogP contribution in [0.3, 0.4) is 0 Å². The molecule has 0 bridgehead atoms. The Morgan fingerprint density at radius 3 is 2.95 bits per heavy atom. The number of benzene rings is 1. The molecule has 2 heterocycles. The summed E-state index contributed by atoms with van der Waals surface area (Å²) in [5, 5.41) is 5.29. The first-order chi connectivity index (χ1) is 10.6. The van der Waals surface area contributed by atoms with Crippen LogP contribution in [0.1, 0.15) is 17.5 Å². The Balaban J connectivity index is 1.92. The average molecular weight is 302 g/mol. The molecule has 1 unspecified atom stereocenters. The summed E-state index contributed by atoms with van der Waals surface area (Å²) in [6.07, 6.45) is 1.80. The second kappa shape index (κ2) is 4.71. The van der Waals surface area contributed by atoms with E-state index in [-0.39, 0.29) is 11.8 Å². The van der Waals surface area contributed by atoms with Gasteiger partial charge in [-0.1, -0.05) is 6.07 Å². The fourth-order valence-corrected chi connectivity index (χ4v) is 4.13. The Morgan fingerprint density at radius 1 is 1.36 bits per heavy atom. The number of rotatable bonds is 1. The molecule has 3 amide bonds. The van der Waals surface area contributed by atoms with Crippen molar-refractivity contribution in [3.8, 4) is 5.75 Å². The number of amides is 3. The minimum atomic E-state index is -1.04. The predicted molar refractivity (Wildman–Crippen MR) is 77.5 cm³/mol. The van der Waals surface area contributed by atoms with Crippen LogP contribution in [-0.4, -0.2) is 32.3 Å². The lowest BCUT2D eigenvalue weighted by Crippen LogP contribution is -2.58. The van der Waals surface area contributed by atoms with E-state index < -0.39 is 11.6 Å². The van der Waals surface area contributed by atoms with Gasteiger partial charge in [-0.05, 0) is 42.0 Å². The Labute approximate surface area is 128 Å². The largest absolute Gasteiger partial charge is 0.497 e. The number of urea groups is 1. The van der Waals surface area contributed by atoms with Crippen LogP contribution in [0.2, 0.25) is 0 Å². The first kappa shape index (κ1) is 13.6. The molecule has 1 spiro atoms. The quantitative estimate of drug-likeness (QED) is 0.757. The highest BCUT2D eigenvalue weighted by molar-refractivity contribution is 6.08. The molecular formula is C16H18N2O4. The number of hydrogen-bond donors (Lipinski definition) is 2. The van der Waals surface area contributed by atoms with E-state index in [2.05, 4.69) is 10.6 Å². The number of ether oxygens (including phenoxy) is 2. The molecule has 0 aromatic heterocycles. The van der Waals surface area contributed by atoms with Gasteiger partial charge in [0.1, 0.15) is 5.75 Å². The molecule has 2 saturated heterocycles. The summed E-state index contributed by atoms with van der Waals surface area (Å²) in [5.74, 6) is 0.681. The van der Waals surface area contributed by atoms with Crippen LogP contribution in [0.15, 0.2) is 18.2 Å². The highest BCUT2D eigenvalue weighted by Crippen LogP contribution is 2.48. The lowest BCUT2D eigenvalue weighted by Gasteiger charge is -2.47. The topological polar surface area (TPSA) is 76.7 Å². The number of methoxy groups -OCH3 is 1. The second-order valence-electron chi connectivity index (χ2n) is 6.17.